The molecule has 4 nitrogen and oxygen atoms in total. The van der Waals surface area contributed by atoms with E-state index in [-0.39, 0.29) is 0 Å². The Hall–Kier alpha value is -2.11. The summed E-state index contributed by atoms with van der Waals surface area (Å²) in [6.07, 6.45) is 0. The van der Waals surface area contributed by atoms with Crippen molar-refractivity contribution in [2.45, 2.75) is 6.61 Å². The van der Waals surface area contributed by atoms with Gasteiger partial charge in [0.1, 0.15) is 5.75 Å². The lowest BCUT2D eigenvalue weighted by Crippen LogP contribution is -2.09. The van der Waals surface area contributed by atoms with Gasteiger partial charge in [-0.1, -0.05) is 35.6 Å². The lowest BCUT2D eigenvalue weighted by Gasteiger charge is -2.06. The van der Waals surface area contributed by atoms with Crippen LogP contribution in [0.3, 0.4) is 0 Å². The van der Waals surface area contributed by atoms with Crippen molar-refractivity contribution in [2.75, 3.05) is 25.6 Å². The molecule has 3 aromatic rings. The first-order valence-corrected chi connectivity index (χ1v) is 7.97. The maximum absolute atomic E-state index is 5.67. The van der Waals surface area contributed by atoms with Crippen molar-refractivity contribution >= 4 is 26.7 Å². The molecular weight excluding hydrogens is 296 g/mol. The van der Waals surface area contributed by atoms with E-state index >= 15 is 0 Å². The van der Waals surface area contributed by atoms with Crippen molar-refractivity contribution in [1.82, 2.24) is 4.98 Å². The number of anilines is 1. The van der Waals surface area contributed by atoms with Crippen LogP contribution in [0.4, 0.5) is 5.13 Å². The molecule has 1 heterocycles. The Morgan fingerprint density at radius 3 is 2.91 bits per heavy atom. The Morgan fingerprint density at radius 1 is 1.14 bits per heavy atom. The second kappa shape index (κ2) is 7.24. The van der Waals surface area contributed by atoms with Gasteiger partial charge in [0.15, 0.2) is 5.13 Å². The van der Waals surface area contributed by atoms with E-state index in [1.165, 1.54) is 4.70 Å². The summed E-state index contributed by atoms with van der Waals surface area (Å²) in [5, 5.41) is 4.24. The average molecular weight is 314 g/mol. The number of aromatic nitrogens is 1. The number of fused-ring (bicyclic) bond motifs is 1. The molecule has 0 spiro atoms. The van der Waals surface area contributed by atoms with Gasteiger partial charge in [0.2, 0.25) is 0 Å². The normalized spacial score (nSPS) is 10.8. The number of rotatable bonds is 7. The van der Waals surface area contributed by atoms with Crippen molar-refractivity contribution in [3.05, 3.63) is 54.1 Å². The summed E-state index contributed by atoms with van der Waals surface area (Å²) >= 11 is 1.66. The van der Waals surface area contributed by atoms with Crippen molar-refractivity contribution < 1.29 is 9.47 Å². The largest absolute Gasteiger partial charge is 0.497 e. The molecular formula is C17H18N2O2S. The van der Waals surface area contributed by atoms with Crippen LogP contribution in [0.15, 0.2) is 48.5 Å². The molecule has 1 N–H and O–H groups in total. The molecule has 0 atom stereocenters. The van der Waals surface area contributed by atoms with Gasteiger partial charge in [0, 0.05) is 6.54 Å². The Bertz CT molecular complexity index is 709. The summed E-state index contributed by atoms with van der Waals surface area (Å²) in [6.45, 7) is 1.95. The SMILES string of the molecule is COc1cccc(COCCNc2nc3ccccc3s2)c1. The minimum absolute atomic E-state index is 0.582. The molecule has 22 heavy (non-hydrogen) atoms. The Morgan fingerprint density at radius 2 is 2.05 bits per heavy atom. The summed E-state index contributed by atoms with van der Waals surface area (Å²) in [5.41, 5.74) is 2.15. The van der Waals surface area contributed by atoms with Crippen LogP contribution in [0, 0.1) is 0 Å². The summed E-state index contributed by atoms with van der Waals surface area (Å²) in [5.74, 6) is 0.855. The monoisotopic (exact) mass is 314 g/mol. The van der Waals surface area contributed by atoms with E-state index in [0.29, 0.717) is 13.2 Å². The van der Waals surface area contributed by atoms with Crippen LogP contribution < -0.4 is 10.1 Å². The van der Waals surface area contributed by atoms with Crippen LogP contribution in [0.25, 0.3) is 10.2 Å². The molecule has 0 amide bonds. The van der Waals surface area contributed by atoms with E-state index < -0.39 is 0 Å². The van der Waals surface area contributed by atoms with Crippen LogP contribution in [0.1, 0.15) is 5.56 Å². The summed E-state index contributed by atoms with van der Waals surface area (Å²) in [4.78, 5) is 4.53. The molecule has 114 valence electrons. The molecule has 0 aliphatic carbocycles. The number of hydrogen-bond donors (Lipinski definition) is 1. The third kappa shape index (κ3) is 3.75. The first-order valence-electron chi connectivity index (χ1n) is 7.15. The van der Waals surface area contributed by atoms with Crippen molar-refractivity contribution in [1.29, 1.82) is 0 Å². The number of para-hydroxylation sites is 1. The van der Waals surface area contributed by atoms with Gasteiger partial charge in [0.05, 0.1) is 30.5 Å². The number of methoxy groups -OCH3 is 1. The lowest BCUT2D eigenvalue weighted by atomic mass is 10.2. The first kappa shape index (κ1) is 14.8. The third-order valence-electron chi connectivity index (χ3n) is 3.22. The number of ether oxygens (including phenoxy) is 2. The summed E-state index contributed by atoms with van der Waals surface area (Å²) < 4.78 is 12.1. The van der Waals surface area contributed by atoms with Crippen LogP contribution in [-0.2, 0) is 11.3 Å². The maximum Gasteiger partial charge on any atom is 0.183 e. The van der Waals surface area contributed by atoms with Crippen LogP contribution >= 0.6 is 11.3 Å². The quantitative estimate of drug-likeness (QED) is 0.671. The van der Waals surface area contributed by atoms with Crippen LogP contribution in [0.2, 0.25) is 0 Å². The molecule has 0 unspecified atom stereocenters. The van der Waals surface area contributed by atoms with E-state index in [1.54, 1.807) is 18.4 Å². The van der Waals surface area contributed by atoms with Crippen molar-refractivity contribution in [3.8, 4) is 5.75 Å². The number of thiazole rings is 1. The van der Waals surface area contributed by atoms with Gasteiger partial charge in [0.25, 0.3) is 0 Å². The predicted octanol–water partition coefficient (Wildman–Crippen LogP) is 3.93. The zero-order valence-electron chi connectivity index (χ0n) is 12.4. The minimum Gasteiger partial charge on any atom is -0.497 e. The third-order valence-corrected chi connectivity index (χ3v) is 4.21. The smallest absolute Gasteiger partial charge is 0.183 e. The van der Waals surface area contributed by atoms with E-state index in [9.17, 15) is 0 Å². The number of hydrogen-bond acceptors (Lipinski definition) is 5. The van der Waals surface area contributed by atoms with Crippen LogP contribution in [-0.4, -0.2) is 25.2 Å². The van der Waals surface area contributed by atoms with Gasteiger partial charge >= 0.3 is 0 Å². The number of benzene rings is 2. The maximum atomic E-state index is 5.67. The Labute approximate surface area is 133 Å². The van der Waals surface area contributed by atoms with E-state index in [1.807, 2.05) is 42.5 Å². The van der Waals surface area contributed by atoms with Gasteiger partial charge in [-0.05, 0) is 29.8 Å². The topological polar surface area (TPSA) is 43.4 Å². The molecule has 0 fully saturated rings. The number of nitrogens with zero attached hydrogens (tertiary/aromatic N) is 1. The van der Waals surface area contributed by atoms with E-state index in [2.05, 4.69) is 16.4 Å². The molecule has 3 rings (SSSR count). The standard InChI is InChI=1S/C17H18N2O2S/c1-20-14-6-4-5-13(11-14)12-21-10-9-18-17-19-15-7-2-3-8-16(15)22-17/h2-8,11H,9-10,12H2,1H3,(H,18,19). The van der Waals surface area contributed by atoms with Gasteiger partial charge in [-0.2, -0.15) is 0 Å². The fourth-order valence-corrected chi connectivity index (χ4v) is 3.02. The Balaban J connectivity index is 1.43. The lowest BCUT2D eigenvalue weighted by molar-refractivity contribution is 0.130. The molecule has 0 aliphatic heterocycles. The summed E-state index contributed by atoms with van der Waals surface area (Å²) in [7, 11) is 1.67. The average Bonchev–Trinajstić information content (AvgIpc) is 2.97. The van der Waals surface area contributed by atoms with Gasteiger partial charge in [-0.3, -0.25) is 0 Å². The van der Waals surface area contributed by atoms with Crippen molar-refractivity contribution in [2.24, 2.45) is 0 Å². The minimum atomic E-state index is 0.582. The molecule has 0 saturated carbocycles. The zero-order chi connectivity index (χ0) is 15.2. The second-order valence-corrected chi connectivity index (χ2v) is 5.85. The highest BCUT2D eigenvalue weighted by atomic mass is 32.1. The van der Waals surface area contributed by atoms with Gasteiger partial charge < -0.3 is 14.8 Å². The fraction of sp³-hybridized carbons (Fsp3) is 0.235. The molecule has 0 bridgehead atoms. The van der Waals surface area contributed by atoms with E-state index in [4.69, 9.17) is 9.47 Å². The molecule has 2 aromatic carbocycles. The van der Waals surface area contributed by atoms with Crippen LogP contribution in [0.5, 0.6) is 5.75 Å². The Kier molecular flexibility index (Phi) is 4.88. The highest BCUT2D eigenvalue weighted by Crippen LogP contribution is 2.25. The van der Waals surface area contributed by atoms with Crippen molar-refractivity contribution in [3.63, 3.8) is 0 Å². The van der Waals surface area contributed by atoms with Gasteiger partial charge in [-0.25, -0.2) is 4.98 Å². The fourth-order valence-electron chi connectivity index (χ4n) is 2.13. The number of nitrogens with one attached hydrogen (secondary N) is 1. The van der Waals surface area contributed by atoms with E-state index in [0.717, 1.165) is 28.5 Å². The summed E-state index contributed by atoms with van der Waals surface area (Å²) in [6, 6.07) is 16.1. The molecule has 0 radical (unpaired) electrons. The highest BCUT2D eigenvalue weighted by Gasteiger charge is 2.02. The molecule has 5 heteroatoms. The predicted molar refractivity (Wildman–Crippen MR) is 90.8 cm³/mol. The molecule has 1 aromatic heterocycles. The highest BCUT2D eigenvalue weighted by molar-refractivity contribution is 7.22. The molecule has 0 saturated heterocycles. The second-order valence-electron chi connectivity index (χ2n) is 4.82. The first-order chi connectivity index (χ1) is 10.8. The van der Waals surface area contributed by atoms with Gasteiger partial charge in [-0.15, -0.1) is 0 Å². The zero-order valence-corrected chi connectivity index (χ0v) is 13.2. The molecule has 0 aliphatic rings.